The second kappa shape index (κ2) is 6.88. The van der Waals surface area contributed by atoms with Crippen LogP contribution in [0.2, 0.25) is 0 Å². The number of hydrogen-bond donors (Lipinski definition) is 1. The quantitative estimate of drug-likeness (QED) is 0.765. The SMILES string of the molecule is CSCCC(NS(=O)(=O)c1ccccc1F)C(=O)[O-]. The van der Waals surface area contributed by atoms with Crippen LogP contribution < -0.4 is 9.83 Å². The van der Waals surface area contributed by atoms with E-state index in [1.165, 1.54) is 23.9 Å². The number of carboxylic acid groups (broad SMARTS) is 1. The van der Waals surface area contributed by atoms with E-state index in [0.29, 0.717) is 5.75 Å². The summed E-state index contributed by atoms with van der Waals surface area (Å²) >= 11 is 1.37. The minimum absolute atomic E-state index is 0.0666. The molecule has 1 aromatic rings. The lowest BCUT2D eigenvalue weighted by Crippen LogP contribution is -2.48. The van der Waals surface area contributed by atoms with Crippen molar-refractivity contribution in [2.24, 2.45) is 0 Å². The average molecular weight is 306 g/mol. The monoisotopic (exact) mass is 306 g/mol. The molecule has 0 spiro atoms. The number of aliphatic carboxylic acids is 1. The van der Waals surface area contributed by atoms with Crippen molar-refractivity contribution in [1.29, 1.82) is 0 Å². The summed E-state index contributed by atoms with van der Waals surface area (Å²) in [4.78, 5) is 10.3. The topological polar surface area (TPSA) is 86.3 Å². The van der Waals surface area contributed by atoms with Crippen molar-refractivity contribution in [1.82, 2.24) is 4.72 Å². The molecule has 1 atom stereocenters. The summed E-state index contributed by atoms with van der Waals surface area (Å²) in [5.41, 5.74) is 0. The van der Waals surface area contributed by atoms with Gasteiger partial charge in [-0.25, -0.2) is 17.5 Å². The second-order valence-electron chi connectivity index (χ2n) is 3.70. The van der Waals surface area contributed by atoms with Crippen LogP contribution in [0.3, 0.4) is 0 Å². The van der Waals surface area contributed by atoms with Crippen molar-refractivity contribution in [3.63, 3.8) is 0 Å². The van der Waals surface area contributed by atoms with Gasteiger partial charge in [0.25, 0.3) is 0 Å². The van der Waals surface area contributed by atoms with Gasteiger partial charge in [-0.1, -0.05) is 12.1 Å². The fourth-order valence-corrected chi connectivity index (χ4v) is 3.14. The molecule has 0 aromatic heterocycles. The minimum Gasteiger partial charge on any atom is -0.548 e. The normalized spacial score (nSPS) is 13.2. The van der Waals surface area contributed by atoms with Crippen LogP contribution in [0.1, 0.15) is 6.42 Å². The molecule has 0 aliphatic carbocycles. The molecule has 8 heteroatoms. The maximum atomic E-state index is 13.4. The molecule has 1 unspecified atom stereocenters. The number of thioether (sulfide) groups is 1. The lowest BCUT2D eigenvalue weighted by Gasteiger charge is -2.19. The summed E-state index contributed by atoms with van der Waals surface area (Å²) in [6.45, 7) is 0. The van der Waals surface area contributed by atoms with Crippen molar-refractivity contribution < 1.29 is 22.7 Å². The highest BCUT2D eigenvalue weighted by Crippen LogP contribution is 2.14. The first kappa shape index (κ1) is 15.9. The largest absolute Gasteiger partial charge is 0.548 e. The molecule has 0 amide bonds. The van der Waals surface area contributed by atoms with E-state index >= 15 is 0 Å². The highest BCUT2D eigenvalue weighted by Gasteiger charge is 2.23. The summed E-state index contributed by atoms with van der Waals surface area (Å²) in [5.74, 6) is -2.02. The molecule has 0 saturated carbocycles. The zero-order valence-electron chi connectivity index (χ0n) is 10.1. The number of sulfonamides is 1. The first-order valence-corrected chi connectivity index (χ1v) is 8.23. The molecule has 0 bridgehead atoms. The third-order valence-electron chi connectivity index (χ3n) is 2.32. The molecular weight excluding hydrogens is 293 g/mol. The molecule has 1 N–H and O–H groups in total. The molecule has 1 rings (SSSR count). The number of benzene rings is 1. The minimum atomic E-state index is -4.22. The molecule has 0 aliphatic heterocycles. The van der Waals surface area contributed by atoms with E-state index in [2.05, 4.69) is 0 Å². The third-order valence-corrected chi connectivity index (χ3v) is 4.47. The maximum absolute atomic E-state index is 13.4. The van der Waals surface area contributed by atoms with Crippen molar-refractivity contribution in [3.05, 3.63) is 30.1 Å². The van der Waals surface area contributed by atoms with Gasteiger partial charge in [0.1, 0.15) is 10.7 Å². The average Bonchev–Trinajstić information content (AvgIpc) is 2.34. The first-order valence-electron chi connectivity index (χ1n) is 5.35. The number of carboxylic acids is 1. The van der Waals surface area contributed by atoms with Crippen LogP contribution in [-0.4, -0.2) is 32.4 Å². The molecule has 106 valence electrons. The number of carbonyl (C=O) groups is 1. The Morgan fingerprint density at radius 3 is 2.63 bits per heavy atom. The van der Waals surface area contributed by atoms with Gasteiger partial charge in [0, 0.05) is 0 Å². The predicted octanol–water partition coefficient (Wildman–Crippen LogP) is -0.0244. The van der Waals surface area contributed by atoms with Crippen LogP contribution in [-0.2, 0) is 14.8 Å². The smallest absolute Gasteiger partial charge is 0.244 e. The van der Waals surface area contributed by atoms with Crippen LogP contribution in [0.5, 0.6) is 0 Å². The lowest BCUT2D eigenvalue weighted by atomic mass is 10.2. The molecule has 0 radical (unpaired) electrons. The van der Waals surface area contributed by atoms with Crippen LogP contribution in [0.15, 0.2) is 29.2 Å². The van der Waals surface area contributed by atoms with E-state index in [0.717, 1.165) is 12.1 Å². The van der Waals surface area contributed by atoms with Gasteiger partial charge in [-0.05, 0) is 30.6 Å². The molecule has 0 fully saturated rings. The predicted molar refractivity (Wildman–Crippen MR) is 68.5 cm³/mol. The van der Waals surface area contributed by atoms with E-state index in [1.54, 1.807) is 6.26 Å². The Morgan fingerprint density at radius 2 is 2.11 bits per heavy atom. The summed E-state index contributed by atoms with van der Waals surface area (Å²) in [7, 11) is -4.22. The fourth-order valence-electron chi connectivity index (χ4n) is 1.37. The summed E-state index contributed by atoms with van der Waals surface area (Å²) in [5, 5.41) is 10.9. The van der Waals surface area contributed by atoms with Gasteiger partial charge >= 0.3 is 0 Å². The number of rotatable bonds is 7. The highest BCUT2D eigenvalue weighted by molar-refractivity contribution is 7.98. The van der Waals surface area contributed by atoms with E-state index < -0.39 is 32.7 Å². The van der Waals surface area contributed by atoms with Gasteiger partial charge < -0.3 is 9.90 Å². The van der Waals surface area contributed by atoms with Crippen molar-refractivity contribution in [2.45, 2.75) is 17.4 Å². The second-order valence-corrected chi connectivity index (χ2v) is 6.37. The van der Waals surface area contributed by atoms with Gasteiger partial charge in [0.05, 0.1) is 12.0 Å². The third kappa shape index (κ3) is 4.48. The van der Waals surface area contributed by atoms with Crippen LogP contribution in [0.25, 0.3) is 0 Å². The molecule has 5 nitrogen and oxygen atoms in total. The Balaban J connectivity index is 2.95. The Hall–Kier alpha value is -1.12. The summed E-state index contributed by atoms with van der Waals surface area (Å²) in [6, 6.07) is 3.38. The van der Waals surface area contributed by atoms with Crippen molar-refractivity contribution in [2.75, 3.05) is 12.0 Å². The zero-order chi connectivity index (χ0) is 14.5. The standard InChI is InChI=1S/C11H14FNO4S2/c1-18-7-6-9(11(14)15)13-19(16,17)10-5-3-2-4-8(10)12/h2-5,9,13H,6-7H2,1H3,(H,14,15)/p-1. The Labute approximate surface area is 115 Å². The van der Waals surface area contributed by atoms with Gasteiger partial charge in [-0.15, -0.1) is 0 Å². The highest BCUT2D eigenvalue weighted by atomic mass is 32.2. The number of halogens is 1. The molecule has 0 aliphatic rings. The van der Waals surface area contributed by atoms with Gasteiger partial charge in [-0.2, -0.15) is 11.8 Å². The Kier molecular flexibility index (Phi) is 5.77. The van der Waals surface area contributed by atoms with E-state index in [9.17, 15) is 22.7 Å². The zero-order valence-corrected chi connectivity index (χ0v) is 11.8. The van der Waals surface area contributed by atoms with E-state index in [-0.39, 0.29) is 6.42 Å². The summed E-state index contributed by atoms with van der Waals surface area (Å²) < 4.78 is 39.1. The van der Waals surface area contributed by atoms with Crippen molar-refractivity contribution in [3.8, 4) is 0 Å². The molecular formula is C11H13FNO4S2-. The van der Waals surface area contributed by atoms with Gasteiger partial charge in [0.2, 0.25) is 10.0 Å². The number of hydrogen-bond acceptors (Lipinski definition) is 5. The molecule has 1 aromatic carbocycles. The number of nitrogens with one attached hydrogen (secondary N) is 1. The van der Waals surface area contributed by atoms with Crippen LogP contribution in [0.4, 0.5) is 4.39 Å². The lowest BCUT2D eigenvalue weighted by molar-refractivity contribution is -0.308. The van der Waals surface area contributed by atoms with Gasteiger partial charge in [0.15, 0.2) is 0 Å². The molecule has 0 saturated heterocycles. The van der Waals surface area contributed by atoms with Crippen LogP contribution >= 0.6 is 11.8 Å². The Bertz CT molecular complexity index is 547. The van der Waals surface area contributed by atoms with Gasteiger partial charge in [-0.3, -0.25) is 0 Å². The fraction of sp³-hybridized carbons (Fsp3) is 0.364. The summed E-state index contributed by atoms with van der Waals surface area (Å²) in [6.07, 6.45) is 1.83. The van der Waals surface area contributed by atoms with E-state index in [1.807, 2.05) is 4.72 Å². The van der Waals surface area contributed by atoms with Crippen molar-refractivity contribution >= 4 is 27.8 Å². The molecule has 19 heavy (non-hydrogen) atoms. The number of carbonyl (C=O) groups excluding carboxylic acids is 1. The maximum Gasteiger partial charge on any atom is 0.244 e. The first-order chi connectivity index (χ1) is 8.88. The van der Waals surface area contributed by atoms with E-state index in [4.69, 9.17) is 0 Å². The Morgan fingerprint density at radius 1 is 1.47 bits per heavy atom. The van der Waals surface area contributed by atoms with Crippen LogP contribution in [0, 0.1) is 5.82 Å². The molecule has 0 heterocycles.